The van der Waals surface area contributed by atoms with E-state index in [9.17, 15) is 4.79 Å². The first-order chi connectivity index (χ1) is 18.1. The second-order valence-corrected chi connectivity index (χ2v) is 9.40. The molecule has 0 saturated carbocycles. The predicted octanol–water partition coefficient (Wildman–Crippen LogP) is 7.11. The molecule has 4 aromatic carbocycles. The Balaban J connectivity index is 1.42. The van der Waals surface area contributed by atoms with Crippen molar-refractivity contribution in [1.29, 1.82) is 0 Å². The Kier molecular flexibility index (Phi) is 7.27. The average Bonchev–Trinajstić information content (AvgIpc) is 3.39. The topological polar surface area (TPSA) is 46.9 Å². The van der Waals surface area contributed by atoms with Gasteiger partial charge in [-0.25, -0.2) is 4.68 Å². The average molecular weight is 486 g/mol. The lowest BCUT2D eigenvalue weighted by atomic mass is 9.88. The van der Waals surface area contributed by atoms with Gasteiger partial charge >= 0.3 is 0 Å². The summed E-state index contributed by atoms with van der Waals surface area (Å²) in [6, 6.07) is 39.0. The van der Waals surface area contributed by atoms with Gasteiger partial charge in [0.25, 0.3) is 5.91 Å². The molecule has 0 atom stereocenters. The summed E-state index contributed by atoms with van der Waals surface area (Å²) in [5, 5.41) is 8.05. The highest BCUT2D eigenvalue weighted by molar-refractivity contribution is 5.94. The molecule has 0 spiro atoms. The van der Waals surface area contributed by atoms with E-state index in [0.29, 0.717) is 12.2 Å². The summed E-state index contributed by atoms with van der Waals surface area (Å²) >= 11 is 0. The normalized spacial score (nSPS) is 11.0. The van der Waals surface area contributed by atoms with Crippen molar-refractivity contribution in [2.75, 3.05) is 6.54 Å². The summed E-state index contributed by atoms with van der Waals surface area (Å²) in [5.41, 5.74) is 7.88. The molecule has 1 aromatic heterocycles. The number of nitrogens with zero attached hydrogens (tertiary/aromatic N) is 2. The van der Waals surface area contributed by atoms with Crippen LogP contribution in [0.15, 0.2) is 115 Å². The molecule has 4 nitrogen and oxygen atoms in total. The maximum absolute atomic E-state index is 13.6. The smallest absolute Gasteiger partial charge is 0.270 e. The largest absolute Gasteiger partial charge is 0.351 e. The zero-order valence-electron chi connectivity index (χ0n) is 21.3. The van der Waals surface area contributed by atoms with Crippen LogP contribution in [0.5, 0.6) is 0 Å². The molecule has 0 radical (unpaired) electrons. The minimum absolute atomic E-state index is 0.129. The van der Waals surface area contributed by atoms with Crippen molar-refractivity contribution in [3.05, 3.63) is 143 Å². The Morgan fingerprint density at radius 2 is 1.38 bits per heavy atom. The van der Waals surface area contributed by atoms with Crippen molar-refractivity contribution >= 4 is 5.91 Å². The van der Waals surface area contributed by atoms with E-state index in [-0.39, 0.29) is 11.8 Å². The molecule has 4 heteroatoms. The Hall–Kier alpha value is -4.44. The summed E-state index contributed by atoms with van der Waals surface area (Å²) in [6.45, 7) is 4.65. The minimum Gasteiger partial charge on any atom is -0.351 e. The van der Waals surface area contributed by atoms with Crippen LogP contribution in [0.3, 0.4) is 0 Å². The molecule has 37 heavy (non-hydrogen) atoms. The fourth-order valence-electron chi connectivity index (χ4n) is 4.74. The number of amides is 1. The van der Waals surface area contributed by atoms with Gasteiger partial charge in [-0.05, 0) is 54.7 Å². The quantitative estimate of drug-likeness (QED) is 0.255. The fraction of sp³-hybridized carbons (Fsp3) is 0.152. The zero-order chi connectivity index (χ0) is 25.6. The van der Waals surface area contributed by atoms with Crippen LogP contribution in [-0.2, 0) is 0 Å². The summed E-state index contributed by atoms with van der Waals surface area (Å²) in [6.07, 6.45) is 0.795. The highest BCUT2D eigenvalue weighted by atomic mass is 16.2. The summed E-state index contributed by atoms with van der Waals surface area (Å²) in [7, 11) is 0. The molecule has 0 bridgehead atoms. The lowest BCUT2D eigenvalue weighted by Crippen LogP contribution is -2.28. The molecule has 5 aromatic rings. The molecular formula is C33H31N3O. The molecule has 1 amide bonds. The van der Waals surface area contributed by atoms with E-state index in [1.54, 1.807) is 4.68 Å². The molecule has 1 heterocycles. The van der Waals surface area contributed by atoms with Crippen LogP contribution in [0.1, 0.15) is 45.1 Å². The van der Waals surface area contributed by atoms with Crippen LogP contribution < -0.4 is 5.32 Å². The van der Waals surface area contributed by atoms with Crippen molar-refractivity contribution in [3.63, 3.8) is 0 Å². The van der Waals surface area contributed by atoms with Crippen molar-refractivity contribution < 1.29 is 4.79 Å². The number of aromatic nitrogens is 2. The zero-order valence-corrected chi connectivity index (χ0v) is 21.3. The number of hydrogen-bond donors (Lipinski definition) is 1. The molecular weight excluding hydrogens is 454 g/mol. The van der Waals surface area contributed by atoms with E-state index >= 15 is 0 Å². The molecule has 0 aliphatic heterocycles. The van der Waals surface area contributed by atoms with Crippen LogP contribution in [0.4, 0.5) is 0 Å². The molecule has 0 unspecified atom stereocenters. The molecule has 0 aliphatic rings. The van der Waals surface area contributed by atoms with E-state index in [1.807, 2.05) is 55.5 Å². The predicted molar refractivity (Wildman–Crippen MR) is 150 cm³/mol. The van der Waals surface area contributed by atoms with Gasteiger partial charge in [0, 0.05) is 18.0 Å². The molecule has 0 aliphatic carbocycles. The molecule has 5 rings (SSSR count). The molecule has 0 fully saturated rings. The molecule has 0 saturated heterocycles. The van der Waals surface area contributed by atoms with Crippen molar-refractivity contribution in [2.45, 2.75) is 26.2 Å². The molecule has 184 valence electrons. The maximum Gasteiger partial charge on any atom is 0.270 e. The summed E-state index contributed by atoms with van der Waals surface area (Å²) in [5.74, 6) is 0.0713. The highest BCUT2D eigenvalue weighted by Gasteiger charge is 2.20. The fourth-order valence-corrected chi connectivity index (χ4v) is 4.74. The van der Waals surface area contributed by atoms with Gasteiger partial charge in [-0.1, -0.05) is 103 Å². The second kappa shape index (κ2) is 11.1. The van der Waals surface area contributed by atoms with Crippen LogP contribution in [0, 0.1) is 13.8 Å². The van der Waals surface area contributed by atoms with Gasteiger partial charge < -0.3 is 5.32 Å². The van der Waals surface area contributed by atoms with Gasteiger partial charge in [0.05, 0.1) is 11.4 Å². The van der Waals surface area contributed by atoms with E-state index in [2.05, 4.69) is 79.0 Å². The number of rotatable bonds is 8. The third-order valence-electron chi connectivity index (χ3n) is 6.73. The van der Waals surface area contributed by atoms with Crippen LogP contribution >= 0.6 is 0 Å². The van der Waals surface area contributed by atoms with Crippen LogP contribution in [-0.4, -0.2) is 22.2 Å². The lowest BCUT2D eigenvalue weighted by Gasteiger charge is -2.18. The Bertz CT molecular complexity index is 1440. The first-order valence-corrected chi connectivity index (χ1v) is 12.7. The first kappa shape index (κ1) is 24.3. The number of benzene rings is 4. The van der Waals surface area contributed by atoms with Crippen LogP contribution in [0.2, 0.25) is 0 Å². The maximum atomic E-state index is 13.6. The number of nitrogens with one attached hydrogen (secondary N) is 1. The monoisotopic (exact) mass is 485 g/mol. The first-order valence-electron chi connectivity index (χ1n) is 12.7. The van der Waals surface area contributed by atoms with Crippen molar-refractivity contribution in [1.82, 2.24) is 15.1 Å². The Morgan fingerprint density at radius 1 is 0.784 bits per heavy atom. The van der Waals surface area contributed by atoms with Crippen molar-refractivity contribution in [3.8, 4) is 16.9 Å². The number of carbonyl (C=O) groups excluding carboxylic acids is 1. The van der Waals surface area contributed by atoms with E-state index in [1.165, 1.54) is 11.1 Å². The Morgan fingerprint density at radius 3 is 2.00 bits per heavy atom. The summed E-state index contributed by atoms with van der Waals surface area (Å²) in [4.78, 5) is 13.6. The minimum atomic E-state index is -0.129. The number of hydrogen-bond acceptors (Lipinski definition) is 2. The highest BCUT2D eigenvalue weighted by Crippen LogP contribution is 2.28. The van der Waals surface area contributed by atoms with E-state index in [0.717, 1.165) is 34.5 Å². The third-order valence-corrected chi connectivity index (χ3v) is 6.73. The third kappa shape index (κ3) is 5.54. The van der Waals surface area contributed by atoms with E-state index in [4.69, 9.17) is 5.10 Å². The van der Waals surface area contributed by atoms with E-state index < -0.39 is 0 Å². The van der Waals surface area contributed by atoms with Gasteiger partial charge in [-0.3, -0.25) is 4.79 Å². The standard InChI is InChI=1S/C33H31N3O/c1-24-18-19-25(2)31(22-24)36-32(23-30(35-36)28-16-10-5-11-17-28)33(37)34-21-20-29(26-12-6-3-7-13-26)27-14-8-4-9-15-27/h3-19,22-23,29H,20-21H2,1-2H3,(H,34,37). The number of carbonyl (C=O) groups is 1. The molecule has 1 N–H and O–H groups in total. The van der Waals surface area contributed by atoms with Gasteiger partial charge in [-0.2, -0.15) is 5.10 Å². The van der Waals surface area contributed by atoms with Crippen LogP contribution in [0.25, 0.3) is 16.9 Å². The lowest BCUT2D eigenvalue weighted by molar-refractivity contribution is 0.0945. The number of aryl methyl sites for hydroxylation is 2. The van der Waals surface area contributed by atoms with Gasteiger partial charge in [0.2, 0.25) is 0 Å². The van der Waals surface area contributed by atoms with Crippen molar-refractivity contribution in [2.24, 2.45) is 0 Å². The van der Waals surface area contributed by atoms with Gasteiger partial charge in [0.15, 0.2) is 0 Å². The van der Waals surface area contributed by atoms with Gasteiger partial charge in [-0.15, -0.1) is 0 Å². The second-order valence-electron chi connectivity index (χ2n) is 9.40. The Labute approximate surface area is 218 Å². The SMILES string of the molecule is Cc1ccc(C)c(-n2nc(-c3ccccc3)cc2C(=O)NCCC(c2ccccc2)c2ccccc2)c1. The van der Waals surface area contributed by atoms with Gasteiger partial charge in [0.1, 0.15) is 5.69 Å². The summed E-state index contributed by atoms with van der Waals surface area (Å²) < 4.78 is 1.78.